The minimum Gasteiger partial charge on any atom is -0.345 e. The van der Waals surface area contributed by atoms with E-state index in [1.165, 1.54) is 15.9 Å². The highest BCUT2D eigenvalue weighted by atomic mass is 16.6. The van der Waals surface area contributed by atoms with Crippen LogP contribution in [0.2, 0.25) is 0 Å². The highest BCUT2D eigenvalue weighted by Crippen LogP contribution is 2.25. The molecule has 1 aromatic carbocycles. The van der Waals surface area contributed by atoms with Crippen LogP contribution in [0.25, 0.3) is 0 Å². The highest BCUT2D eigenvalue weighted by molar-refractivity contribution is 6.35. The Morgan fingerprint density at radius 3 is 2.31 bits per heavy atom. The standard InChI is InChI=1S/C17H20N4O5/c1-11-3-2-4-13(14(11)21(25)26)16(23)19-7-9-20(10-8-19)17(24)15(22)18-12-5-6-12/h2-4,12H,5-10H2,1H3,(H,18,22). The van der Waals surface area contributed by atoms with E-state index in [9.17, 15) is 24.5 Å². The van der Waals surface area contributed by atoms with Crippen LogP contribution in [-0.2, 0) is 9.59 Å². The Morgan fingerprint density at radius 2 is 1.73 bits per heavy atom. The number of nitro groups is 1. The fraction of sp³-hybridized carbons (Fsp3) is 0.471. The zero-order chi connectivity index (χ0) is 18.8. The number of para-hydroxylation sites is 1. The monoisotopic (exact) mass is 360 g/mol. The van der Waals surface area contributed by atoms with Crippen molar-refractivity contribution in [3.05, 3.63) is 39.4 Å². The van der Waals surface area contributed by atoms with E-state index in [0.29, 0.717) is 5.56 Å². The molecule has 26 heavy (non-hydrogen) atoms. The number of nitro benzene ring substituents is 1. The fourth-order valence-corrected chi connectivity index (χ4v) is 2.98. The summed E-state index contributed by atoms with van der Waals surface area (Å²) in [5.41, 5.74) is 0.271. The number of rotatable bonds is 3. The van der Waals surface area contributed by atoms with Gasteiger partial charge in [-0.1, -0.05) is 12.1 Å². The number of nitrogens with zero attached hydrogens (tertiary/aromatic N) is 3. The van der Waals surface area contributed by atoms with Crippen molar-refractivity contribution >= 4 is 23.4 Å². The molecule has 1 N–H and O–H groups in total. The zero-order valence-electron chi connectivity index (χ0n) is 14.4. The first-order chi connectivity index (χ1) is 12.4. The Labute approximate surface area is 150 Å². The Morgan fingerprint density at radius 1 is 1.12 bits per heavy atom. The summed E-state index contributed by atoms with van der Waals surface area (Å²) < 4.78 is 0. The molecule has 1 saturated carbocycles. The first kappa shape index (κ1) is 17.8. The van der Waals surface area contributed by atoms with Crippen molar-refractivity contribution in [2.45, 2.75) is 25.8 Å². The van der Waals surface area contributed by atoms with Crippen LogP contribution in [0.15, 0.2) is 18.2 Å². The van der Waals surface area contributed by atoms with E-state index in [1.807, 2.05) is 0 Å². The molecule has 1 aromatic rings. The third-order valence-electron chi connectivity index (χ3n) is 4.61. The van der Waals surface area contributed by atoms with Crippen molar-refractivity contribution in [3.63, 3.8) is 0 Å². The summed E-state index contributed by atoms with van der Waals surface area (Å²) in [4.78, 5) is 50.2. The number of benzene rings is 1. The van der Waals surface area contributed by atoms with Gasteiger partial charge in [0.05, 0.1) is 4.92 Å². The number of piperazine rings is 1. The molecule has 3 amide bonds. The number of nitrogens with one attached hydrogen (secondary N) is 1. The summed E-state index contributed by atoms with van der Waals surface area (Å²) in [6.45, 7) is 2.49. The van der Waals surface area contributed by atoms with Gasteiger partial charge in [-0.05, 0) is 25.8 Å². The maximum absolute atomic E-state index is 12.7. The first-order valence-corrected chi connectivity index (χ1v) is 8.51. The summed E-state index contributed by atoms with van der Waals surface area (Å²) in [6, 6.07) is 4.74. The molecule has 0 bridgehead atoms. The van der Waals surface area contributed by atoms with Gasteiger partial charge in [0.25, 0.3) is 11.6 Å². The molecule has 0 aromatic heterocycles. The molecule has 3 rings (SSSR count). The van der Waals surface area contributed by atoms with E-state index in [4.69, 9.17) is 0 Å². The minimum atomic E-state index is -0.610. The number of aryl methyl sites for hydroxylation is 1. The van der Waals surface area contributed by atoms with Crippen LogP contribution >= 0.6 is 0 Å². The van der Waals surface area contributed by atoms with Gasteiger partial charge in [-0.15, -0.1) is 0 Å². The van der Waals surface area contributed by atoms with Gasteiger partial charge in [0.2, 0.25) is 0 Å². The highest BCUT2D eigenvalue weighted by Gasteiger charge is 2.33. The Balaban J connectivity index is 1.64. The third kappa shape index (κ3) is 3.66. The van der Waals surface area contributed by atoms with Crippen LogP contribution in [-0.4, -0.2) is 64.7 Å². The molecule has 2 fully saturated rings. The molecule has 9 heteroatoms. The fourth-order valence-electron chi connectivity index (χ4n) is 2.98. The van der Waals surface area contributed by atoms with Gasteiger partial charge in [0, 0.05) is 37.8 Å². The van der Waals surface area contributed by atoms with E-state index in [0.717, 1.165) is 12.8 Å². The van der Waals surface area contributed by atoms with Crippen molar-refractivity contribution in [3.8, 4) is 0 Å². The lowest BCUT2D eigenvalue weighted by molar-refractivity contribution is -0.385. The van der Waals surface area contributed by atoms with E-state index in [1.54, 1.807) is 19.1 Å². The first-order valence-electron chi connectivity index (χ1n) is 8.51. The Hall–Kier alpha value is -2.97. The van der Waals surface area contributed by atoms with Crippen LogP contribution in [0.1, 0.15) is 28.8 Å². The van der Waals surface area contributed by atoms with Crippen LogP contribution < -0.4 is 5.32 Å². The maximum atomic E-state index is 12.7. The van der Waals surface area contributed by atoms with E-state index in [2.05, 4.69) is 5.32 Å². The molecule has 138 valence electrons. The van der Waals surface area contributed by atoms with Gasteiger partial charge in [-0.25, -0.2) is 0 Å². The predicted octanol–water partition coefficient (Wildman–Crippen LogP) is 0.466. The molecule has 9 nitrogen and oxygen atoms in total. The van der Waals surface area contributed by atoms with Gasteiger partial charge in [-0.2, -0.15) is 0 Å². The maximum Gasteiger partial charge on any atom is 0.312 e. The van der Waals surface area contributed by atoms with Crippen molar-refractivity contribution in [1.29, 1.82) is 0 Å². The molecule has 1 heterocycles. The van der Waals surface area contributed by atoms with E-state index in [-0.39, 0.29) is 43.5 Å². The largest absolute Gasteiger partial charge is 0.345 e. The smallest absolute Gasteiger partial charge is 0.312 e. The SMILES string of the molecule is Cc1cccc(C(=O)N2CCN(C(=O)C(=O)NC3CC3)CC2)c1[N+](=O)[O-]. The quantitative estimate of drug-likeness (QED) is 0.478. The minimum absolute atomic E-state index is 0.0428. The summed E-state index contributed by atoms with van der Waals surface area (Å²) in [6.07, 6.45) is 1.80. The molecule has 0 atom stereocenters. The van der Waals surface area contributed by atoms with Crippen molar-refractivity contribution in [1.82, 2.24) is 15.1 Å². The number of carbonyl (C=O) groups is 3. The van der Waals surface area contributed by atoms with Gasteiger partial charge in [0.15, 0.2) is 0 Å². The molecule has 0 radical (unpaired) electrons. The molecule has 0 spiro atoms. The van der Waals surface area contributed by atoms with Crippen LogP contribution in [0, 0.1) is 17.0 Å². The van der Waals surface area contributed by atoms with Crippen LogP contribution in [0.4, 0.5) is 5.69 Å². The van der Waals surface area contributed by atoms with Crippen LogP contribution in [0.5, 0.6) is 0 Å². The normalized spacial score (nSPS) is 17.0. The lowest BCUT2D eigenvalue weighted by Crippen LogP contribution is -2.54. The van der Waals surface area contributed by atoms with Gasteiger partial charge in [-0.3, -0.25) is 24.5 Å². The second kappa shape index (κ2) is 7.11. The van der Waals surface area contributed by atoms with Crippen LogP contribution in [0.3, 0.4) is 0 Å². The average molecular weight is 360 g/mol. The van der Waals surface area contributed by atoms with E-state index < -0.39 is 22.6 Å². The molecule has 0 unspecified atom stereocenters. The summed E-state index contributed by atoms with van der Waals surface area (Å²) in [5, 5.41) is 13.9. The third-order valence-corrected chi connectivity index (χ3v) is 4.61. The van der Waals surface area contributed by atoms with Crippen molar-refractivity contribution < 1.29 is 19.3 Å². The van der Waals surface area contributed by atoms with E-state index >= 15 is 0 Å². The number of hydrogen-bond acceptors (Lipinski definition) is 5. The molecule has 1 saturated heterocycles. The summed E-state index contributed by atoms with van der Waals surface area (Å²) in [7, 11) is 0. The average Bonchev–Trinajstić information content (AvgIpc) is 3.44. The number of carbonyl (C=O) groups excluding carboxylic acids is 3. The topological polar surface area (TPSA) is 113 Å². The molecule has 1 aliphatic carbocycles. The second-order valence-corrected chi connectivity index (χ2v) is 6.56. The number of hydrogen-bond donors (Lipinski definition) is 1. The Bertz CT molecular complexity index is 766. The lowest BCUT2D eigenvalue weighted by Gasteiger charge is -2.34. The molecule has 2 aliphatic rings. The van der Waals surface area contributed by atoms with Gasteiger partial charge in [0.1, 0.15) is 5.56 Å². The lowest BCUT2D eigenvalue weighted by atomic mass is 10.1. The molecular weight excluding hydrogens is 340 g/mol. The van der Waals surface area contributed by atoms with Crippen molar-refractivity contribution in [2.24, 2.45) is 0 Å². The molecule has 1 aliphatic heterocycles. The van der Waals surface area contributed by atoms with Gasteiger partial charge < -0.3 is 15.1 Å². The zero-order valence-corrected chi connectivity index (χ0v) is 14.4. The second-order valence-electron chi connectivity index (χ2n) is 6.56. The molecular formula is C17H20N4O5. The van der Waals surface area contributed by atoms with Gasteiger partial charge >= 0.3 is 11.8 Å². The predicted molar refractivity (Wildman–Crippen MR) is 91.5 cm³/mol. The summed E-state index contributed by atoms with van der Waals surface area (Å²) in [5.74, 6) is -1.64. The summed E-state index contributed by atoms with van der Waals surface area (Å²) >= 11 is 0. The number of amides is 3. The Kier molecular flexibility index (Phi) is 4.88. The van der Waals surface area contributed by atoms with Crippen molar-refractivity contribution in [2.75, 3.05) is 26.2 Å².